The van der Waals surface area contributed by atoms with Crippen LogP contribution in [0.25, 0.3) is 0 Å². The van der Waals surface area contributed by atoms with Crippen LogP contribution >= 0.6 is 0 Å². The fourth-order valence-electron chi connectivity index (χ4n) is 2.93. The van der Waals surface area contributed by atoms with Crippen molar-refractivity contribution >= 4 is 11.5 Å². The van der Waals surface area contributed by atoms with Crippen molar-refractivity contribution in [3.63, 3.8) is 0 Å². The van der Waals surface area contributed by atoms with E-state index in [0.29, 0.717) is 18.4 Å². The summed E-state index contributed by atoms with van der Waals surface area (Å²) in [6.45, 7) is 16.2. The maximum Gasteiger partial charge on any atom is 0.107 e. The van der Waals surface area contributed by atoms with Crippen molar-refractivity contribution in [2.24, 2.45) is 10.4 Å². The van der Waals surface area contributed by atoms with Crippen molar-refractivity contribution in [1.82, 2.24) is 4.98 Å². The zero-order valence-corrected chi connectivity index (χ0v) is 17.3. The molecule has 0 atom stereocenters. The Balaban J connectivity index is 2.43. The van der Waals surface area contributed by atoms with Crippen LogP contribution in [0.3, 0.4) is 0 Å². The molecule has 1 N–H and O–H groups in total. The first-order valence-corrected chi connectivity index (χ1v) is 9.54. The van der Waals surface area contributed by atoms with Gasteiger partial charge in [0.2, 0.25) is 0 Å². The summed E-state index contributed by atoms with van der Waals surface area (Å²) in [4.78, 5) is 9.30. The summed E-state index contributed by atoms with van der Waals surface area (Å²) in [6.07, 6.45) is 1.82. The molecule has 1 heterocycles. The van der Waals surface area contributed by atoms with Gasteiger partial charge >= 0.3 is 0 Å². The number of benzene rings is 1. The van der Waals surface area contributed by atoms with Crippen molar-refractivity contribution in [1.29, 1.82) is 0 Å². The molecule has 0 saturated carbocycles. The van der Waals surface area contributed by atoms with Crippen LogP contribution in [0.2, 0.25) is 0 Å². The van der Waals surface area contributed by atoms with Gasteiger partial charge in [-0.2, -0.15) is 0 Å². The highest BCUT2D eigenvalue weighted by atomic mass is 15.0. The Morgan fingerprint density at radius 2 is 1.58 bits per heavy atom. The number of aromatic nitrogens is 1. The summed E-state index contributed by atoms with van der Waals surface area (Å²) in [6, 6.07) is 12.6. The lowest BCUT2D eigenvalue weighted by Gasteiger charge is -2.27. The van der Waals surface area contributed by atoms with Crippen molar-refractivity contribution < 1.29 is 0 Å². The molecule has 2 rings (SSSR count). The number of rotatable bonds is 5. The molecule has 1 aromatic heterocycles. The molecule has 140 valence electrons. The molecule has 0 amide bonds. The molecule has 0 spiro atoms. The highest BCUT2D eigenvalue weighted by molar-refractivity contribution is 6.00. The lowest BCUT2D eigenvalue weighted by atomic mass is 9.90. The number of para-hydroxylation sites is 1. The average Bonchev–Trinajstić information content (AvgIpc) is 2.58. The van der Waals surface area contributed by atoms with E-state index >= 15 is 0 Å². The number of amidine groups is 1. The van der Waals surface area contributed by atoms with Gasteiger partial charge in [0, 0.05) is 17.3 Å². The second kappa shape index (κ2) is 8.48. The highest BCUT2D eigenvalue weighted by Gasteiger charge is 2.22. The second-order valence-corrected chi connectivity index (χ2v) is 8.48. The quantitative estimate of drug-likeness (QED) is 0.501. The maximum absolute atomic E-state index is 4.90. The van der Waals surface area contributed by atoms with Gasteiger partial charge in [0.1, 0.15) is 5.84 Å². The maximum atomic E-state index is 4.90. The largest absolute Gasteiger partial charge is 0.343 e. The minimum atomic E-state index is -0.0763. The first-order chi connectivity index (χ1) is 12.2. The molecule has 0 saturated heterocycles. The van der Waals surface area contributed by atoms with Crippen LogP contribution in [0.1, 0.15) is 77.1 Å². The van der Waals surface area contributed by atoms with E-state index in [0.717, 1.165) is 11.5 Å². The third-order valence-electron chi connectivity index (χ3n) is 4.45. The first kappa shape index (κ1) is 20.2. The number of nitrogens with one attached hydrogen (secondary N) is 1. The molecule has 26 heavy (non-hydrogen) atoms. The summed E-state index contributed by atoms with van der Waals surface area (Å²) in [5.74, 6) is 1.90. The van der Waals surface area contributed by atoms with Crippen LogP contribution in [-0.2, 0) is 6.54 Å². The molecule has 0 bridgehead atoms. The molecule has 0 aliphatic heterocycles. The summed E-state index contributed by atoms with van der Waals surface area (Å²) >= 11 is 0. The third kappa shape index (κ3) is 5.17. The number of aliphatic imine (C=N–C) groups is 1. The van der Waals surface area contributed by atoms with Crippen LogP contribution in [0.5, 0.6) is 0 Å². The Labute approximate surface area is 159 Å². The van der Waals surface area contributed by atoms with Gasteiger partial charge in [-0.1, -0.05) is 72.7 Å². The fraction of sp³-hybridized carbons (Fsp3) is 0.478. The smallest absolute Gasteiger partial charge is 0.107 e. The number of nitrogens with zero attached hydrogens (tertiary/aromatic N) is 2. The predicted molar refractivity (Wildman–Crippen MR) is 113 cm³/mol. The lowest BCUT2D eigenvalue weighted by Crippen LogP contribution is -2.29. The molecule has 0 unspecified atom stereocenters. The second-order valence-electron chi connectivity index (χ2n) is 8.48. The van der Waals surface area contributed by atoms with E-state index in [4.69, 9.17) is 4.99 Å². The minimum absolute atomic E-state index is 0.0763. The van der Waals surface area contributed by atoms with E-state index < -0.39 is 0 Å². The minimum Gasteiger partial charge on any atom is -0.343 e. The van der Waals surface area contributed by atoms with Gasteiger partial charge in [0.25, 0.3) is 0 Å². The molecular weight excluding hydrogens is 318 g/mol. The molecule has 0 aliphatic rings. The van der Waals surface area contributed by atoms with E-state index in [1.807, 2.05) is 24.4 Å². The van der Waals surface area contributed by atoms with Crippen LogP contribution in [0.15, 0.2) is 47.6 Å². The van der Waals surface area contributed by atoms with Gasteiger partial charge < -0.3 is 5.32 Å². The molecule has 2 aromatic rings. The summed E-state index contributed by atoms with van der Waals surface area (Å²) in [5.41, 5.74) is 4.80. The molecule has 0 fully saturated rings. The SMILES string of the molecule is CC(C)c1cccc(C(C)C)c1NC(=NCc1ccccn1)C(C)(C)C. The molecular formula is C23H33N3. The summed E-state index contributed by atoms with van der Waals surface area (Å²) < 4.78 is 0. The third-order valence-corrected chi connectivity index (χ3v) is 4.45. The summed E-state index contributed by atoms with van der Waals surface area (Å²) in [5, 5.41) is 3.71. The van der Waals surface area contributed by atoms with Gasteiger partial charge in [0.15, 0.2) is 0 Å². The Kier molecular flexibility index (Phi) is 6.57. The normalized spacial score (nSPS) is 12.7. The standard InChI is InChI=1S/C23H33N3/c1-16(2)19-12-10-13-20(17(3)4)21(19)26-22(23(5,6)7)25-15-18-11-8-9-14-24-18/h8-14,16-17H,15H2,1-7H3,(H,25,26). The van der Waals surface area contributed by atoms with Gasteiger partial charge in [-0.25, -0.2) is 0 Å². The average molecular weight is 352 g/mol. The molecule has 0 radical (unpaired) electrons. The van der Waals surface area contributed by atoms with Crippen molar-refractivity contribution in [3.8, 4) is 0 Å². The monoisotopic (exact) mass is 351 g/mol. The fourth-order valence-corrected chi connectivity index (χ4v) is 2.93. The Hall–Kier alpha value is -2.16. The van der Waals surface area contributed by atoms with Crippen LogP contribution < -0.4 is 5.32 Å². The van der Waals surface area contributed by atoms with Crippen LogP contribution in [0.4, 0.5) is 5.69 Å². The van der Waals surface area contributed by atoms with Crippen molar-refractivity contribution in [2.75, 3.05) is 5.32 Å². The lowest BCUT2D eigenvalue weighted by molar-refractivity contribution is 0.585. The number of pyridine rings is 1. The van der Waals surface area contributed by atoms with Gasteiger partial charge in [0.05, 0.1) is 12.2 Å². The topological polar surface area (TPSA) is 37.3 Å². The Morgan fingerprint density at radius 3 is 2.04 bits per heavy atom. The number of hydrogen-bond acceptors (Lipinski definition) is 2. The Bertz CT molecular complexity index is 712. The predicted octanol–water partition coefficient (Wildman–Crippen LogP) is 6.39. The van der Waals surface area contributed by atoms with E-state index in [-0.39, 0.29) is 5.41 Å². The van der Waals surface area contributed by atoms with E-state index in [1.54, 1.807) is 0 Å². The first-order valence-electron chi connectivity index (χ1n) is 9.54. The molecule has 0 aliphatic carbocycles. The van der Waals surface area contributed by atoms with Crippen molar-refractivity contribution in [3.05, 3.63) is 59.4 Å². The van der Waals surface area contributed by atoms with Gasteiger partial charge in [-0.05, 0) is 35.1 Å². The zero-order chi connectivity index (χ0) is 19.3. The number of hydrogen-bond donors (Lipinski definition) is 1. The number of anilines is 1. The molecule has 3 nitrogen and oxygen atoms in total. The van der Waals surface area contributed by atoms with E-state index in [9.17, 15) is 0 Å². The van der Waals surface area contributed by atoms with Crippen LogP contribution in [0, 0.1) is 5.41 Å². The highest BCUT2D eigenvalue weighted by Crippen LogP contribution is 2.33. The van der Waals surface area contributed by atoms with E-state index in [1.165, 1.54) is 16.8 Å². The summed E-state index contributed by atoms with van der Waals surface area (Å²) in [7, 11) is 0. The van der Waals surface area contributed by atoms with Crippen molar-refractivity contribution in [2.45, 2.75) is 66.8 Å². The van der Waals surface area contributed by atoms with Gasteiger partial charge in [-0.15, -0.1) is 0 Å². The van der Waals surface area contributed by atoms with Gasteiger partial charge in [-0.3, -0.25) is 9.98 Å². The van der Waals surface area contributed by atoms with E-state index in [2.05, 4.69) is 77.0 Å². The zero-order valence-electron chi connectivity index (χ0n) is 17.3. The van der Waals surface area contributed by atoms with Crippen LogP contribution in [-0.4, -0.2) is 10.8 Å². The molecule has 1 aromatic carbocycles. The Morgan fingerprint density at radius 1 is 0.962 bits per heavy atom. The molecule has 3 heteroatoms.